The molecule has 1 aliphatic heterocycles. The number of anilines is 1. The molecule has 1 aromatic heterocycles. The van der Waals surface area contributed by atoms with Crippen LogP contribution in [0.5, 0.6) is 0 Å². The number of nitrogens with one attached hydrogen (secondary N) is 1. The Labute approximate surface area is 111 Å². The van der Waals surface area contributed by atoms with Gasteiger partial charge in [-0.05, 0) is 32.9 Å². The van der Waals surface area contributed by atoms with Gasteiger partial charge in [-0.2, -0.15) is 0 Å². The Bertz CT molecular complexity index is 408. The van der Waals surface area contributed by atoms with Gasteiger partial charge >= 0.3 is 5.97 Å². The van der Waals surface area contributed by atoms with E-state index in [1.807, 2.05) is 0 Å². The number of hydrogen-bond donors (Lipinski definition) is 1. The van der Waals surface area contributed by atoms with Crippen LogP contribution in [-0.4, -0.2) is 49.1 Å². The second kappa shape index (κ2) is 6.15. The fraction of sp³-hybridized carbons (Fsp3) is 0.667. The molecule has 1 aliphatic rings. The molecule has 0 amide bonds. The van der Waals surface area contributed by atoms with E-state index in [0.29, 0.717) is 18.2 Å². The van der Waals surface area contributed by atoms with Crippen LogP contribution in [0.1, 0.15) is 23.8 Å². The molecule has 0 radical (unpaired) electrons. The predicted octanol–water partition coefficient (Wildman–Crippen LogP) is 1.68. The van der Waals surface area contributed by atoms with Crippen molar-refractivity contribution in [2.75, 3.05) is 38.6 Å². The summed E-state index contributed by atoms with van der Waals surface area (Å²) >= 11 is 1.45. The van der Waals surface area contributed by atoms with Crippen molar-refractivity contribution in [3.8, 4) is 0 Å². The van der Waals surface area contributed by atoms with Crippen LogP contribution in [0.2, 0.25) is 0 Å². The fourth-order valence-electron chi connectivity index (χ4n) is 2.08. The number of ether oxygens (including phenoxy) is 1. The van der Waals surface area contributed by atoms with Gasteiger partial charge in [0.15, 0.2) is 10.8 Å². The third kappa shape index (κ3) is 3.43. The molecule has 6 heteroatoms. The number of nitrogens with zero attached hydrogens (tertiary/aromatic N) is 2. The summed E-state index contributed by atoms with van der Waals surface area (Å²) in [5.41, 5.74) is 0.396. The summed E-state index contributed by atoms with van der Waals surface area (Å²) in [4.78, 5) is 18.0. The zero-order valence-corrected chi connectivity index (χ0v) is 11.6. The van der Waals surface area contributed by atoms with Gasteiger partial charge in [0.2, 0.25) is 0 Å². The lowest BCUT2D eigenvalue weighted by molar-refractivity contribution is 0.0520. The summed E-state index contributed by atoms with van der Waals surface area (Å²) in [6, 6.07) is 0. The zero-order chi connectivity index (χ0) is 13.0. The van der Waals surface area contributed by atoms with Crippen molar-refractivity contribution >= 4 is 22.4 Å². The molecule has 0 aromatic carbocycles. The van der Waals surface area contributed by atoms with Crippen LogP contribution in [0.3, 0.4) is 0 Å². The fourth-order valence-corrected chi connectivity index (χ4v) is 2.77. The van der Waals surface area contributed by atoms with Gasteiger partial charge < -0.3 is 15.0 Å². The first-order valence-electron chi connectivity index (χ1n) is 6.24. The van der Waals surface area contributed by atoms with Crippen molar-refractivity contribution in [1.82, 2.24) is 9.88 Å². The Hall–Kier alpha value is -1.14. The third-order valence-electron chi connectivity index (χ3n) is 3.02. The molecule has 0 saturated carbocycles. The van der Waals surface area contributed by atoms with Crippen LogP contribution in [0, 0.1) is 5.92 Å². The van der Waals surface area contributed by atoms with Crippen LogP contribution in [-0.2, 0) is 4.74 Å². The molecule has 0 bridgehead atoms. The molecule has 1 aromatic rings. The Kier molecular flexibility index (Phi) is 4.54. The van der Waals surface area contributed by atoms with Crippen molar-refractivity contribution in [3.05, 3.63) is 11.1 Å². The summed E-state index contributed by atoms with van der Waals surface area (Å²) in [6.45, 7) is 5.38. The lowest BCUT2D eigenvalue weighted by Crippen LogP contribution is -2.19. The van der Waals surface area contributed by atoms with E-state index in [1.165, 1.54) is 17.8 Å². The molecule has 1 atom stereocenters. The molecular formula is C12H19N3O2S. The number of hydrogen-bond acceptors (Lipinski definition) is 6. The highest BCUT2D eigenvalue weighted by atomic mass is 32.1. The van der Waals surface area contributed by atoms with E-state index in [2.05, 4.69) is 22.2 Å². The van der Waals surface area contributed by atoms with Gasteiger partial charge in [-0.1, -0.05) is 0 Å². The highest BCUT2D eigenvalue weighted by Crippen LogP contribution is 2.19. The van der Waals surface area contributed by atoms with Gasteiger partial charge in [0.25, 0.3) is 0 Å². The van der Waals surface area contributed by atoms with Crippen molar-refractivity contribution in [2.24, 2.45) is 5.92 Å². The number of esters is 1. The maximum Gasteiger partial charge on any atom is 0.357 e. The molecule has 1 saturated heterocycles. The van der Waals surface area contributed by atoms with E-state index >= 15 is 0 Å². The quantitative estimate of drug-likeness (QED) is 0.824. The molecule has 2 heterocycles. The molecule has 1 unspecified atom stereocenters. The topological polar surface area (TPSA) is 54.5 Å². The maximum absolute atomic E-state index is 11.4. The summed E-state index contributed by atoms with van der Waals surface area (Å²) in [5.74, 6) is 0.326. The number of thiazole rings is 1. The Morgan fingerprint density at radius 1 is 1.72 bits per heavy atom. The molecule has 5 nitrogen and oxygen atoms in total. The average molecular weight is 269 g/mol. The number of rotatable bonds is 5. The summed E-state index contributed by atoms with van der Waals surface area (Å²) in [6.07, 6.45) is 1.22. The molecule has 0 aliphatic carbocycles. The second-order valence-electron chi connectivity index (χ2n) is 4.56. The molecular weight excluding hydrogens is 250 g/mol. The molecule has 100 valence electrons. The summed E-state index contributed by atoms with van der Waals surface area (Å²) < 4.78 is 4.90. The number of likely N-dealkylation sites (tertiary alicyclic amines) is 1. The molecule has 1 N–H and O–H groups in total. The van der Waals surface area contributed by atoms with Crippen LogP contribution in [0.15, 0.2) is 5.38 Å². The highest BCUT2D eigenvalue weighted by Gasteiger charge is 2.19. The van der Waals surface area contributed by atoms with E-state index in [0.717, 1.165) is 24.8 Å². The summed E-state index contributed by atoms with van der Waals surface area (Å²) in [7, 11) is 2.14. The number of carbonyl (C=O) groups excluding carboxylic acids is 1. The first-order chi connectivity index (χ1) is 8.69. The van der Waals surface area contributed by atoms with E-state index < -0.39 is 0 Å². The van der Waals surface area contributed by atoms with E-state index in [4.69, 9.17) is 4.74 Å². The molecule has 1 fully saturated rings. The standard InChI is InChI=1S/C12H19N3O2S/c1-3-17-11(16)10-8-18-12(14-10)13-6-9-4-5-15(2)7-9/h8-9H,3-7H2,1-2H3,(H,13,14). The number of carbonyl (C=O) groups is 1. The van der Waals surface area contributed by atoms with Crippen LogP contribution in [0.25, 0.3) is 0 Å². The minimum absolute atomic E-state index is 0.345. The monoisotopic (exact) mass is 269 g/mol. The molecule has 0 spiro atoms. The minimum Gasteiger partial charge on any atom is -0.461 e. The third-order valence-corrected chi connectivity index (χ3v) is 3.82. The van der Waals surface area contributed by atoms with Crippen LogP contribution < -0.4 is 5.32 Å². The summed E-state index contributed by atoms with van der Waals surface area (Å²) in [5, 5.41) is 5.83. The van der Waals surface area contributed by atoms with Gasteiger partial charge in [0.1, 0.15) is 0 Å². The lowest BCUT2D eigenvalue weighted by atomic mass is 10.1. The van der Waals surface area contributed by atoms with Gasteiger partial charge in [0, 0.05) is 18.5 Å². The van der Waals surface area contributed by atoms with E-state index in [-0.39, 0.29) is 5.97 Å². The van der Waals surface area contributed by atoms with Gasteiger partial charge in [-0.25, -0.2) is 9.78 Å². The largest absolute Gasteiger partial charge is 0.461 e. The predicted molar refractivity (Wildman–Crippen MR) is 72.2 cm³/mol. The Balaban J connectivity index is 1.81. The first-order valence-corrected chi connectivity index (χ1v) is 7.12. The van der Waals surface area contributed by atoms with Crippen molar-refractivity contribution < 1.29 is 9.53 Å². The van der Waals surface area contributed by atoms with E-state index in [1.54, 1.807) is 12.3 Å². The highest BCUT2D eigenvalue weighted by molar-refractivity contribution is 7.13. The second-order valence-corrected chi connectivity index (χ2v) is 5.41. The van der Waals surface area contributed by atoms with Gasteiger partial charge in [-0.3, -0.25) is 0 Å². The zero-order valence-electron chi connectivity index (χ0n) is 10.8. The van der Waals surface area contributed by atoms with E-state index in [9.17, 15) is 4.79 Å². The van der Waals surface area contributed by atoms with Crippen LogP contribution >= 0.6 is 11.3 Å². The number of aromatic nitrogens is 1. The first kappa shape index (κ1) is 13.3. The Morgan fingerprint density at radius 3 is 3.22 bits per heavy atom. The normalized spacial score (nSPS) is 20.0. The van der Waals surface area contributed by atoms with Crippen molar-refractivity contribution in [1.29, 1.82) is 0 Å². The van der Waals surface area contributed by atoms with Crippen molar-refractivity contribution in [3.63, 3.8) is 0 Å². The Morgan fingerprint density at radius 2 is 2.56 bits per heavy atom. The van der Waals surface area contributed by atoms with Crippen LogP contribution in [0.4, 0.5) is 5.13 Å². The van der Waals surface area contributed by atoms with Crippen molar-refractivity contribution in [2.45, 2.75) is 13.3 Å². The minimum atomic E-state index is -0.345. The molecule has 18 heavy (non-hydrogen) atoms. The van der Waals surface area contributed by atoms with Gasteiger partial charge in [0.05, 0.1) is 6.61 Å². The van der Waals surface area contributed by atoms with Gasteiger partial charge in [-0.15, -0.1) is 11.3 Å². The average Bonchev–Trinajstić information content (AvgIpc) is 2.95. The SMILES string of the molecule is CCOC(=O)c1csc(NCC2CCN(C)C2)n1. The smallest absolute Gasteiger partial charge is 0.357 e. The maximum atomic E-state index is 11.4. The lowest BCUT2D eigenvalue weighted by Gasteiger charge is -2.10. The molecule has 2 rings (SSSR count).